The molecule has 5 nitrogen and oxygen atoms in total. The summed E-state index contributed by atoms with van der Waals surface area (Å²) < 4.78 is 13.2. The van der Waals surface area contributed by atoms with E-state index in [1.165, 1.54) is 23.9 Å². The Bertz CT molecular complexity index is 1170. The number of thioether (sulfide) groups is 1. The van der Waals surface area contributed by atoms with Crippen molar-refractivity contribution in [3.05, 3.63) is 94.3 Å². The second-order valence-electron chi connectivity index (χ2n) is 7.90. The van der Waals surface area contributed by atoms with Crippen LogP contribution in [0.1, 0.15) is 34.5 Å². The largest absolute Gasteiger partial charge is 0.346 e. The van der Waals surface area contributed by atoms with Crippen LogP contribution in [0, 0.1) is 5.82 Å². The molecular formula is C25H23ClFN3O2S. The van der Waals surface area contributed by atoms with Gasteiger partial charge in [-0.05, 0) is 60.5 Å². The Balaban J connectivity index is 1.61. The summed E-state index contributed by atoms with van der Waals surface area (Å²) in [5, 5.41) is 3.55. The number of carbonyl (C=O) groups excluding carboxylic acids is 2. The van der Waals surface area contributed by atoms with Crippen molar-refractivity contribution < 1.29 is 14.0 Å². The van der Waals surface area contributed by atoms with Crippen LogP contribution < -0.4 is 16.0 Å². The predicted molar refractivity (Wildman–Crippen MR) is 130 cm³/mol. The van der Waals surface area contributed by atoms with Crippen LogP contribution in [0.4, 0.5) is 10.1 Å². The third-order valence-electron chi connectivity index (χ3n) is 5.49. The van der Waals surface area contributed by atoms with Crippen LogP contribution in [0.5, 0.6) is 0 Å². The van der Waals surface area contributed by atoms with Gasteiger partial charge >= 0.3 is 0 Å². The Kier molecular flexibility index (Phi) is 7.02. The zero-order chi connectivity index (χ0) is 23.5. The molecule has 170 valence electrons. The summed E-state index contributed by atoms with van der Waals surface area (Å²) in [7, 11) is 0. The first-order valence-corrected chi connectivity index (χ1v) is 11.8. The average Bonchev–Trinajstić information content (AvgIpc) is 2.92. The first kappa shape index (κ1) is 23.3. The number of nitrogens with one attached hydrogen (secondary N) is 1. The van der Waals surface area contributed by atoms with Gasteiger partial charge in [-0.15, -0.1) is 11.8 Å². The summed E-state index contributed by atoms with van der Waals surface area (Å²) in [4.78, 5) is 28.6. The molecule has 2 atom stereocenters. The Morgan fingerprint density at radius 3 is 2.58 bits per heavy atom. The van der Waals surface area contributed by atoms with Gasteiger partial charge in [0, 0.05) is 21.2 Å². The lowest BCUT2D eigenvalue weighted by Gasteiger charge is -2.25. The van der Waals surface area contributed by atoms with Gasteiger partial charge < -0.3 is 16.0 Å². The maximum Gasteiger partial charge on any atom is 0.251 e. The fraction of sp³-hybridized carbons (Fsp3) is 0.200. The minimum atomic E-state index is -0.648. The van der Waals surface area contributed by atoms with Crippen LogP contribution in [0.15, 0.2) is 71.6 Å². The molecule has 0 saturated carbocycles. The molecule has 0 fully saturated rings. The molecule has 1 unspecified atom stereocenters. The molecule has 3 aromatic carbocycles. The Hall–Kier alpha value is -2.87. The van der Waals surface area contributed by atoms with Gasteiger partial charge in [0.2, 0.25) is 5.91 Å². The van der Waals surface area contributed by atoms with E-state index in [1.54, 1.807) is 41.3 Å². The SMILES string of the molecule is CC(NC(=O)c1ccc2c(c1)N(Cc1ccc(Cl)cc1)C(=O)[C@@H](N)CS2)c1ccc(F)cc1. The van der Waals surface area contributed by atoms with E-state index in [0.717, 1.165) is 16.0 Å². The normalized spacial score (nSPS) is 16.7. The Labute approximate surface area is 201 Å². The van der Waals surface area contributed by atoms with E-state index in [4.69, 9.17) is 17.3 Å². The molecule has 3 N–H and O–H groups in total. The van der Waals surface area contributed by atoms with Gasteiger partial charge in [0.15, 0.2) is 0 Å². The Morgan fingerprint density at radius 2 is 1.88 bits per heavy atom. The molecule has 0 aromatic heterocycles. The molecule has 1 aliphatic heterocycles. The van der Waals surface area contributed by atoms with Crippen LogP contribution in [-0.4, -0.2) is 23.6 Å². The molecule has 33 heavy (non-hydrogen) atoms. The van der Waals surface area contributed by atoms with Gasteiger partial charge in [-0.2, -0.15) is 0 Å². The number of anilines is 1. The Morgan fingerprint density at radius 1 is 1.18 bits per heavy atom. The average molecular weight is 484 g/mol. The summed E-state index contributed by atoms with van der Waals surface area (Å²) >= 11 is 7.49. The number of hydrogen-bond acceptors (Lipinski definition) is 4. The first-order chi connectivity index (χ1) is 15.8. The number of nitrogens with zero attached hydrogens (tertiary/aromatic N) is 1. The molecule has 0 saturated heterocycles. The smallest absolute Gasteiger partial charge is 0.251 e. The number of carbonyl (C=O) groups is 2. The van der Waals surface area contributed by atoms with Gasteiger partial charge in [0.05, 0.1) is 24.3 Å². The van der Waals surface area contributed by atoms with E-state index in [0.29, 0.717) is 28.6 Å². The third-order valence-corrected chi connectivity index (χ3v) is 6.92. The number of benzene rings is 3. The fourth-order valence-corrected chi connectivity index (χ4v) is 4.72. The molecule has 4 rings (SSSR count). The van der Waals surface area contributed by atoms with Gasteiger partial charge in [-0.1, -0.05) is 35.9 Å². The lowest BCUT2D eigenvalue weighted by Crippen LogP contribution is -2.44. The highest BCUT2D eigenvalue weighted by atomic mass is 35.5. The molecule has 0 bridgehead atoms. The second kappa shape index (κ2) is 9.95. The van der Waals surface area contributed by atoms with Crippen LogP contribution in [0.3, 0.4) is 0 Å². The van der Waals surface area contributed by atoms with Gasteiger partial charge in [-0.25, -0.2) is 4.39 Å². The molecule has 1 aliphatic rings. The highest BCUT2D eigenvalue weighted by molar-refractivity contribution is 7.99. The van der Waals surface area contributed by atoms with Crippen molar-refractivity contribution in [2.75, 3.05) is 10.7 Å². The van der Waals surface area contributed by atoms with Crippen molar-refractivity contribution in [1.29, 1.82) is 0 Å². The van der Waals surface area contributed by atoms with E-state index in [2.05, 4.69) is 5.32 Å². The summed E-state index contributed by atoms with van der Waals surface area (Å²) in [6, 6.07) is 17.6. The molecule has 8 heteroatoms. The van der Waals surface area contributed by atoms with E-state index < -0.39 is 6.04 Å². The van der Waals surface area contributed by atoms with Crippen LogP contribution in [-0.2, 0) is 11.3 Å². The minimum absolute atomic E-state index is 0.201. The van der Waals surface area contributed by atoms with E-state index in [1.807, 2.05) is 25.1 Å². The summed E-state index contributed by atoms with van der Waals surface area (Å²) in [5.41, 5.74) is 8.89. The zero-order valence-corrected chi connectivity index (χ0v) is 19.5. The van der Waals surface area contributed by atoms with Crippen molar-refractivity contribution in [3.63, 3.8) is 0 Å². The van der Waals surface area contributed by atoms with Crippen LogP contribution in [0.2, 0.25) is 5.02 Å². The first-order valence-electron chi connectivity index (χ1n) is 10.5. The molecule has 0 spiro atoms. The number of fused-ring (bicyclic) bond motifs is 1. The monoisotopic (exact) mass is 483 g/mol. The highest BCUT2D eigenvalue weighted by Gasteiger charge is 2.29. The minimum Gasteiger partial charge on any atom is -0.346 e. The second-order valence-corrected chi connectivity index (χ2v) is 9.40. The quantitative estimate of drug-likeness (QED) is 0.539. The molecule has 2 amide bonds. The maximum absolute atomic E-state index is 13.2. The van der Waals surface area contributed by atoms with Crippen LogP contribution >= 0.6 is 23.4 Å². The summed E-state index contributed by atoms with van der Waals surface area (Å²) in [6.07, 6.45) is 0. The number of halogens is 2. The summed E-state index contributed by atoms with van der Waals surface area (Å²) in [5.74, 6) is -0.361. The van der Waals surface area contributed by atoms with Crippen molar-refractivity contribution >= 4 is 40.9 Å². The van der Waals surface area contributed by atoms with Crippen molar-refractivity contribution in [3.8, 4) is 0 Å². The summed E-state index contributed by atoms with van der Waals surface area (Å²) in [6.45, 7) is 2.15. The van der Waals surface area contributed by atoms with Crippen molar-refractivity contribution in [2.24, 2.45) is 5.73 Å². The van der Waals surface area contributed by atoms with Crippen LogP contribution in [0.25, 0.3) is 0 Å². The maximum atomic E-state index is 13.2. The van der Waals surface area contributed by atoms with Gasteiger partial charge in [-0.3, -0.25) is 9.59 Å². The standard InChI is InChI=1S/C25H23ClFN3O2S/c1-15(17-4-9-20(27)10-5-17)29-24(31)18-6-11-23-22(12-18)30(25(32)21(28)14-33-23)13-16-2-7-19(26)8-3-16/h2-12,15,21H,13-14,28H2,1H3,(H,29,31)/t15?,21-/m0/s1. The molecule has 1 heterocycles. The molecular weight excluding hydrogens is 461 g/mol. The fourth-order valence-electron chi connectivity index (χ4n) is 3.61. The van der Waals surface area contributed by atoms with E-state index in [-0.39, 0.29) is 23.7 Å². The number of nitrogens with two attached hydrogens (primary N) is 1. The number of amides is 2. The highest BCUT2D eigenvalue weighted by Crippen LogP contribution is 2.36. The van der Waals surface area contributed by atoms with Crippen molar-refractivity contribution in [2.45, 2.75) is 30.4 Å². The third kappa shape index (κ3) is 5.38. The number of rotatable bonds is 5. The van der Waals surface area contributed by atoms with E-state index in [9.17, 15) is 14.0 Å². The topological polar surface area (TPSA) is 75.4 Å². The van der Waals surface area contributed by atoms with E-state index >= 15 is 0 Å². The van der Waals surface area contributed by atoms with Gasteiger partial charge in [0.25, 0.3) is 5.91 Å². The van der Waals surface area contributed by atoms with Gasteiger partial charge in [0.1, 0.15) is 5.82 Å². The lowest BCUT2D eigenvalue weighted by molar-refractivity contribution is -0.119. The lowest BCUT2D eigenvalue weighted by atomic mass is 10.1. The predicted octanol–water partition coefficient (Wildman–Crippen LogP) is 4.94. The van der Waals surface area contributed by atoms with Crippen molar-refractivity contribution in [1.82, 2.24) is 5.32 Å². The number of hydrogen-bond donors (Lipinski definition) is 2. The molecule has 3 aromatic rings. The molecule has 0 aliphatic carbocycles. The zero-order valence-electron chi connectivity index (χ0n) is 17.9. The molecule has 0 radical (unpaired) electrons.